The molecule has 122 valence electrons. The zero-order valence-electron chi connectivity index (χ0n) is 12.0. The van der Waals surface area contributed by atoms with Gasteiger partial charge < -0.3 is 14.5 Å². The first-order chi connectivity index (χ1) is 11.4. The highest BCUT2D eigenvalue weighted by Gasteiger charge is 2.36. The number of aromatic nitrogens is 2. The molecule has 9 heteroatoms. The number of hydrogen-bond donors (Lipinski definition) is 2. The first-order valence-electron chi connectivity index (χ1n) is 6.83. The second kappa shape index (κ2) is 6.10. The highest BCUT2D eigenvalue weighted by molar-refractivity contribution is 6.58. The Morgan fingerprint density at radius 1 is 0.917 bits per heavy atom. The molecule has 5 nitrogen and oxygen atoms in total. The van der Waals surface area contributed by atoms with E-state index >= 15 is 0 Å². The fraction of sp³-hybridized carbons (Fsp3) is 0.0667. The van der Waals surface area contributed by atoms with Crippen molar-refractivity contribution in [1.82, 2.24) is 10.2 Å². The molecule has 24 heavy (non-hydrogen) atoms. The summed E-state index contributed by atoms with van der Waals surface area (Å²) in [5.74, 6) is -0.217. The second-order valence-electron chi connectivity index (χ2n) is 4.95. The summed E-state index contributed by atoms with van der Waals surface area (Å²) < 4.78 is 45.1. The minimum atomic E-state index is -4.72. The maximum absolute atomic E-state index is 13.3. The summed E-state index contributed by atoms with van der Waals surface area (Å²) in [6, 6.07) is 11.5. The predicted molar refractivity (Wildman–Crippen MR) is 80.0 cm³/mol. The molecule has 1 aromatic heterocycles. The van der Waals surface area contributed by atoms with Crippen molar-refractivity contribution in [3.8, 4) is 22.9 Å². The number of rotatable bonds is 3. The van der Waals surface area contributed by atoms with Gasteiger partial charge in [0, 0.05) is 5.56 Å². The Labute approximate surface area is 134 Å². The van der Waals surface area contributed by atoms with Gasteiger partial charge in [0.05, 0.1) is 11.1 Å². The number of nitrogens with zero attached hydrogens (tertiary/aromatic N) is 2. The zero-order chi connectivity index (χ0) is 17.3. The van der Waals surface area contributed by atoms with Crippen LogP contribution in [0.3, 0.4) is 0 Å². The van der Waals surface area contributed by atoms with Crippen molar-refractivity contribution in [2.24, 2.45) is 0 Å². The third-order valence-corrected chi connectivity index (χ3v) is 3.32. The van der Waals surface area contributed by atoms with Crippen molar-refractivity contribution in [3.63, 3.8) is 0 Å². The molecule has 0 fully saturated rings. The molecule has 0 radical (unpaired) electrons. The lowest BCUT2D eigenvalue weighted by Crippen LogP contribution is -2.31. The van der Waals surface area contributed by atoms with Crippen molar-refractivity contribution in [1.29, 1.82) is 0 Å². The topological polar surface area (TPSA) is 79.4 Å². The molecule has 0 saturated heterocycles. The molecule has 0 amide bonds. The Morgan fingerprint density at radius 2 is 1.58 bits per heavy atom. The van der Waals surface area contributed by atoms with Crippen LogP contribution in [0.5, 0.6) is 0 Å². The summed E-state index contributed by atoms with van der Waals surface area (Å²) in [7, 11) is -2.01. The first-order valence-corrected chi connectivity index (χ1v) is 6.83. The van der Waals surface area contributed by atoms with Crippen LogP contribution in [0.15, 0.2) is 52.9 Å². The monoisotopic (exact) mass is 334 g/mol. The van der Waals surface area contributed by atoms with Gasteiger partial charge in [0.1, 0.15) is 0 Å². The minimum absolute atomic E-state index is 0.0880. The van der Waals surface area contributed by atoms with E-state index in [2.05, 4.69) is 10.2 Å². The van der Waals surface area contributed by atoms with E-state index in [0.29, 0.717) is 11.6 Å². The number of benzene rings is 2. The van der Waals surface area contributed by atoms with Crippen LogP contribution in [0.4, 0.5) is 13.2 Å². The Hall–Kier alpha value is -2.65. The van der Waals surface area contributed by atoms with Gasteiger partial charge in [0.2, 0.25) is 11.8 Å². The van der Waals surface area contributed by atoms with Crippen LogP contribution in [-0.2, 0) is 6.18 Å². The van der Waals surface area contributed by atoms with Gasteiger partial charge in [0.25, 0.3) is 0 Å². The molecule has 0 atom stereocenters. The summed E-state index contributed by atoms with van der Waals surface area (Å²) in [4.78, 5) is 0. The molecular formula is C15H10BF3N2O3. The summed E-state index contributed by atoms with van der Waals surface area (Å²) in [5.41, 5.74) is -1.13. The van der Waals surface area contributed by atoms with Crippen LogP contribution in [0.1, 0.15) is 5.56 Å². The van der Waals surface area contributed by atoms with Crippen LogP contribution < -0.4 is 5.46 Å². The third-order valence-electron chi connectivity index (χ3n) is 3.32. The molecule has 3 aromatic rings. The smallest absolute Gasteiger partial charge is 0.423 e. The van der Waals surface area contributed by atoms with E-state index < -0.39 is 18.9 Å². The molecule has 0 aliphatic carbocycles. The molecule has 2 N–H and O–H groups in total. The van der Waals surface area contributed by atoms with Crippen molar-refractivity contribution in [2.45, 2.75) is 6.18 Å². The fourth-order valence-electron chi connectivity index (χ4n) is 2.17. The van der Waals surface area contributed by atoms with Crippen LogP contribution in [0.25, 0.3) is 22.9 Å². The average Bonchev–Trinajstić information content (AvgIpc) is 3.04. The summed E-state index contributed by atoms with van der Waals surface area (Å²) in [5, 5.41) is 25.6. The maximum atomic E-state index is 13.3. The van der Waals surface area contributed by atoms with Crippen molar-refractivity contribution >= 4 is 12.6 Å². The van der Waals surface area contributed by atoms with E-state index in [-0.39, 0.29) is 22.8 Å². The van der Waals surface area contributed by atoms with Crippen molar-refractivity contribution in [3.05, 3.63) is 54.1 Å². The Bertz CT molecular complexity index is 851. The van der Waals surface area contributed by atoms with Crippen molar-refractivity contribution < 1.29 is 27.6 Å². The number of alkyl halides is 3. The van der Waals surface area contributed by atoms with Gasteiger partial charge in [-0.05, 0) is 29.7 Å². The normalized spacial score (nSPS) is 11.5. The molecular weight excluding hydrogens is 324 g/mol. The summed E-state index contributed by atoms with van der Waals surface area (Å²) in [6.45, 7) is 0. The number of hydrogen-bond acceptors (Lipinski definition) is 5. The summed E-state index contributed by atoms with van der Waals surface area (Å²) in [6.07, 6.45) is -4.72. The summed E-state index contributed by atoms with van der Waals surface area (Å²) >= 11 is 0. The average molecular weight is 334 g/mol. The van der Waals surface area contributed by atoms with Crippen LogP contribution in [-0.4, -0.2) is 27.4 Å². The molecule has 3 rings (SSSR count). The van der Waals surface area contributed by atoms with Crippen LogP contribution >= 0.6 is 0 Å². The highest BCUT2D eigenvalue weighted by atomic mass is 19.4. The van der Waals surface area contributed by atoms with Gasteiger partial charge >= 0.3 is 13.3 Å². The van der Waals surface area contributed by atoms with E-state index in [9.17, 15) is 13.2 Å². The van der Waals surface area contributed by atoms with Gasteiger partial charge in [-0.3, -0.25) is 0 Å². The Kier molecular flexibility index (Phi) is 4.12. The zero-order valence-corrected chi connectivity index (χ0v) is 12.0. The van der Waals surface area contributed by atoms with E-state index in [1.54, 1.807) is 30.3 Å². The second-order valence-corrected chi connectivity index (χ2v) is 4.95. The lowest BCUT2D eigenvalue weighted by atomic mass is 9.79. The first kappa shape index (κ1) is 16.2. The standard InChI is InChI=1S/C15H10BF3N2O3/c17-15(18,19)12-8-10(16(22)23)6-7-11(12)14-21-20-13(24-14)9-4-2-1-3-5-9/h1-8,22-23H. The lowest BCUT2D eigenvalue weighted by molar-refractivity contribution is -0.137. The molecule has 0 spiro atoms. The molecule has 0 aliphatic heterocycles. The Morgan fingerprint density at radius 3 is 2.21 bits per heavy atom. The van der Waals surface area contributed by atoms with E-state index in [1.807, 2.05) is 0 Å². The van der Waals surface area contributed by atoms with Crippen LogP contribution in [0, 0.1) is 0 Å². The van der Waals surface area contributed by atoms with Crippen molar-refractivity contribution in [2.75, 3.05) is 0 Å². The van der Waals surface area contributed by atoms with Gasteiger partial charge in [-0.15, -0.1) is 10.2 Å². The minimum Gasteiger partial charge on any atom is -0.423 e. The Balaban J connectivity index is 2.08. The van der Waals surface area contributed by atoms with Crippen LogP contribution in [0.2, 0.25) is 0 Å². The predicted octanol–water partition coefficient (Wildman–Crippen LogP) is 2.10. The molecule has 2 aromatic carbocycles. The number of halogens is 3. The third kappa shape index (κ3) is 3.17. The van der Waals surface area contributed by atoms with Gasteiger partial charge in [-0.2, -0.15) is 13.2 Å². The largest absolute Gasteiger partial charge is 0.488 e. The molecule has 0 unspecified atom stereocenters. The van der Waals surface area contributed by atoms with E-state index in [1.165, 1.54) is 0 Å². The van der Waals surface area contributed by atoms with Gasteiger partial charge in [-0.1, -0.05) is 24.3 Å². The van der Waals surface area contributed by atoms with Gasteiger partial charge in [0.15, 0.2) is 0 Å². The quantitative estimate of drug-likeness (QED) is 0.717. The molecule has 0 aliphatic rings. The van der Waals surface area contributed by atoms with Gasteiger partial charge in [-0.25, -0.2) is 0 Å². The SMILES string of the molecule is OB(O)c1ccc(-c2nnc(-c3ccccc3)o2)c(C(F)(F)F)c1. The highest BCUT2D eigenvalue weighted by Crippen LogP contribution is 2.36. The lowest BCUT2D eigenvalue weighted by Gasteiger charge is -2.12. The molecule has 1 heterocycles. The van der Waals surface area contributed by atoms with E-state index in [0.717, 1.165) is 12.1 Å². The molecule has 0 bridgehead atoms. The maximum Gasteiger partial charge on any atom is 0.488 e. The molecule has 0 saturated carbocycles. The fourth-order valence-corrected chi connectivity index (χ4v) is 2.17. The van der Waals surface area contributed by atoms with E-state index in [4.69, 9.17) is 14.5 Å².